The molecule has 0 atom stereocenters. The van der Waals surface area contributed by atoms with E-state index < -0.39 is 8.07 Å². The smallest absolute Gasteiger partial charge is 0.0994 e. The number of aryl methyl sites for hydroxylation is 2. The molecule has 2 aromatic rings. The van der Waals surface area contributed by atoms with E-state index in [-0.39, 0.29) is 0 Å². The Labute approximate surface area is 110 Å². The average Bonchev–Trinajstić information content (AvgIpc) is 2.85. The lowest BCUT2D eigenvalue weighted by Crippen LogP contribution is -2.40. The Morgan fingerprint density at radius 1 is 1.22 bits per heavy atom. The maximum atomic E-state index is 4.37. The molecule has 3 rings (SSSR count). The molecule has 0 fully saturated rings. The van der Waals surface area contributed by atoms with Gasteiger partial charge in [0.1, 0.15) is 0 Å². The Hall–Kier alpha value is -1.35. The fourth-order valence-corrected chi connectivity index (χ4v) is 6.32. The number of rotatable bonds is 1. The number of imidazole rings is 1. The van der Waals surface area contributed by atoms with Crippen LogP contribution in [0.1, 0.15) is 16.8 Å². The SMILES string of the molecule is Cc1cn(-c2ccc(C)c3c2[Si](C)(C)CC3)cn1. The van der Waals surface area contributed by atoms with Crippen molar-refractivity contribution in [3.8, 4) is 5.69 Å². The van der Waals surface area contributed by atoms with Gasteiger partial charge in [-0.25, -0.2) is 4.98 Å². The van der Waals surface area contributed by atoms with Crippen LogP contribution in [0.25, 0.3) is 5.69 Å². The van der Waals surface area contributed by atoms with Crippen LogP contribution in [-0.4, -0.2) is 17.6 Å². The van der Waals surface area contributed by atoms with Crippen LogP contribution >= 0.6 is 0 Å². The molecule has 2 heterocycles. The predicted molar refractivity (Wildman–Crippen MR) is 78.7 cm³/mol. The molecule has 1 aliphatic rings. The van der Waals surface area contributed by atoms with Crippen molar-refractivity contribution in [1.82, 2.24) is 9.55 Å². The summed E-state index contributed by atoms with van der Waals surface area (Å²) in [7, 11) is -1.26. The second kappa shape index (κ2) is 3.82. The highest BCUT2D eigenvalue weighted by Gasteiger charge is 2.35. The highest BCUT2D eigenvalue weighted by Crippen LogP contribution is 2.29. The first-order valence-corrected chi connectivity index (χ1v) is 9.84. The third-order valence-electron chi connectivity index (χ3n) is 4.19. The fourth-order valence-electron chi connectivity index (χ4n) is 3.15. The molecule has 3 heteroatoms. The molecular formula is C15H20N2Si. The molecule has 0 aliphatic carbocycles. The number of fused-ring (bicyclic) bond motifs is 1. The molecule has 2 nitrogen and oxygen atoms in total. The van der Waals surface area contributed by atoms with E-state index in [1.807, 2.05) is 13.3 Å². The Kier molecular flexibility index (Phi) is 2.49. The van der Waals surface area contributed by atoms with E-state index in [4.69, 9.17) is 0 Å². The number of nitrogens with zero attached hydrogens (tertiary/aromatic N) is 2. The summed E-state index contributed by atoms with van der Waals surface area (Å²) in [6.45, 7) is 9.28. The van der Waals surface area contributed by atoms with Crippen LogP contribution in [0.4, 0.5) is 0 Å². The van der Waals surface area contributed by atoms with E-state index in [0.717, 1.165) is 5.69 Å². The highest BCUT2D eigenvalue weighted by atomic mass is 28.3. The molecular weight excluding hydrogens is 236 g/mol. The quantitative estimate of drug-likeness (QED) is 0.717. The lowest BCUT2D eigenvalue weighted by atomic mass is 10.1. The molecule has 94 valence electrons. The van der Waals surface area contributed by atoms with E-state index in [1.165, 1.54) is 23.7 Å². The summed E-state index contributed by atoms with van der Waals surface area (Å²) in [6, 6.07) is 5.92. The third kappa shape index (κ3) is 1.65. The first-order chi connectivity index (χ1) is 8.49. The van der Waals surface area contributed by atoms with Crippen LogP contribution < -0.4 is 5.19 Å². The molecule has 18 heavy (non-hydrogen) atoms. The van der Waals surface area contributed by atoms with Crippen molar-refractivity contribution in [2.75, 3.05) is 0 Å². The zero-order chi connectivity index (χ0) is 12.9. The van der Waals surface area contributed by atoms with Gasteiger partial charge in [0, 0.05) is 11.9 Å². The van der Waals surface area contributed by atoms with Gasteiger partial charge in [0.15, 0.2) is 0 Å². The second-order valence-corrected chi connectivity index (χ2v) is 10.8. The summed E-state index contributed by atoms with van der Waals surface area (Å²) in [5.74, 6) is 0. The Morgan fingerprint density at radius 3 is 2.67 bits per heavy atom. The number of hydrogen-bond donors (Lipinski definition) is 0. The van der Waals surface area contributed by atoms with E-state index in [1.54, 1.807) is 10.8 Å². The zero-order valence-corrected chi connectivity index (χ0v) is 12.6. The summed E-state index contributed by atoms with van der Waals surface area (Å²) in [5.41, 5.74) is 5.52. The number of aromatic nitrogens is 2. The van der Waals surface area contributed by atoms with Crippen LogP contribution in [0.15, 0.2) is 24.7 Å². The maximum absolute atomic E-state index is 4.37. The van der Waals surface area contributed by atoms with Crippen LogP contribution in [0.2, 0.25) is 19.1 Å². The minimum Gasteiger partial charge on any atom is -0.306 e. The molecule has 0 N–H and O–H groups in total. The molecule has 0 radical (unpaired) electrons. The Morgan fingerprint density at radius 2 is 2.00 bits per heavy atom. The van der Waals surface area contributed by atoms with Gasteiger partial charge in [-0.3, -0.25) is 0 Å². The highest BCUT2D eigenvalue weighted by molar-refractivity contribution is 6.91. The molecule has 0 saturated carbocycles. The maximum Gasteiger partial charge on any atom is 0.0994 e. The molecule has 0 unspecified atom stereocenters. The molecule has 1 aromatic carbocycles. The summed E-state index contributed by atoms with van der Waals surface area (Å²) in [4.78, 5) is 4.37. The van der Waals surface area contributed by atoms with Crippen molar-refractivity contribution in [3.05, 3.63) is 41.5 Å². The lowest BCUT2D eigenvalue weighted by molar-refractivity contribution is 1.05. The minimum absolute atomic E-state index is 1.08. The predicted octanol–water partition coefficient (Wildman–Crippen LogP) is 2.96. The van der Waals surface area contributed by atoms with Crippen molar-refractivity contribution in [3.63, 3.8) is 0 Å². The van der Waals surface area contributed by atoms with Gasteiger partial charge >= 0.3 is 0 Å². The van der Waals surface area contributed by atoms with Gasteiger partial charge in [-0.2, -0.15) is 0 Å². The van der Waals surface area contributed by atoms with Crippen LogP contribution in [0.3, 0.4) is 0 Å². The van der Waals surface area contributed by atoms with Gasteiger partial charge in [0.05, 0.1) is 20.1 Å². The van der Waals surface area contributed by atoms with Gasteiger partial charge in [-0.15, -0.1) is 0 Å². The first-order valence-electron chi connectivity index (χ1n) is 6.63. The molecule has 0 amide bonds. The number of benzene rings is 1. The molecule has 1 aromatic heterocycles. The lowest BCUT2D eigenvalue weighted by Gasteiger charge is -2.21. The fraction of sp³-hybridized carbons (Fsp3) is 0.400. The van der Waals surface area contributed by atoms with Crippen LogP contribution in [0.5, 0.6) is 0 Å². The van der Waals surface area contributed by atoms with E-state index in [0.29, 0.717) is 0 Å². The van der Waals surface area contributed by atoms with Crippen molar-refractivity contribution < 1.29 is 0 Å². The normalized spacial score (nSPS) is 16.9. The standard InChI is InChI=1S/C15H20N2Si/c1-11-5-6-14(17-9-12(2)16-10-17)15-13(11)7-8-18(15,3)4/h5-6,9-10H,7-8H2,1-4H3. The van der Waals surface area contributed by atoms with Crippen molar-refractivity contribution in [2.45, 2.75) is 39.4 Å². The van der Waals surface area contributed by atoms with Gasteiger partial charge in [0.2, 0.25) is 0 Å². The van der Waals surface area contributed by atoms with Gasteiger partial charge in [0.25, 0.3) is 0 Å². The zero-order valence-electron chi connectivity index (χ0n) is 11.6. The molecule has 0 saturated heterocycles. The van der Waals surface area contributed by atoms with E-state index in [2.05, 4.69) is 47.9 Å². The topological polar surface area (TPSA) is 17.8 Å². The van der Waals surface area contributed by atoms with Gasteiger partial charge in [-0.1, -0.05) is 19.2 Å². The number of hydrogen-bond acceptors (Lipinski definition) is 1. The van der Waals surface area contributed by atoms with Crippen LogP contribution in [0, 0.1) is 13.8 Å². The van der Waals surface area contributed by atoms with E-state index >= 15 is 0 Å². The van der Waals surface area contributed by atoms with Gasteiger partial charge in [-0.05, 0) is 48.7 Å². The Bertz CT molecular complexity index is 611. The van der Waals surface area contributed by atoms with Crippen molar-refractivity contribution in [2.24, 2.45) is 0 Å². The monoisotopic (exact) mass is 256 g/mol. The summed E-state index contributed by atoms with van der Waals surface area (Å²) in [5, 5.41) is 1.65. The van der Waals surface area contributed by atoms with Gasteiger partial charge < -0.3 is 4.57 Å². The molecule has 1 aliphatic heterocycles. The largest absolute Gasteiger partial charge is 0.306 e. The second-order valence-electron chi connectivity index (χ2n) is 6.06. The summed E-state index contributed by atoms with van der Waals surface area (Å²) >= 11 is 0. The Balaban J connectivity index is 2.26. The first kappa shape index (κ1) is 11.7. The summed E-state index contributed by atoms with van der Waals surface area (Å²) < 4.78 is 2.20. The minimum atomic E-state index is -1.26. The average molecular weight is 256 g/mol. The molecule has 0 bridgehead atoms. The van der Waals surface area contributed by atoms with Crippen molar-refractivity contribution in [1.29, 1.82) is 0 Å². The summed E-state index contributed by atoms with van der Waals surface area (Å²) in [6.07, 6.45) is 5.35. The van der Waals surface area contributed by atoms with Crippen LogP contribution in [-0.2, 0) is 6.42 Å². The third-order valence-corrected chi connectivity index (χ3v) is 7.60. The van der Waals surface area contributed by atoms with Crippen molar-refractivity contribution >= 4 is 13.3 Å². The molecule has 0 spiro atoms. The van der Waals surface area contributed by atoms with E-state index in [9.17, 15) is 0 Å².